The van der Waals surface area contributed by atoms with Crippen molar-refractivity contribution in [3.05, 3.63) is 95.6 Å². The van der Waals surface area contributed by atoms with Crippen molar-refractivity contribution in [1.29, 1.82) is 0 Å². The molecule has 1 unspecified atom stereocenters. The summed E-state index contributed by atoms with van der Waals surface area (Å²) in [5.74, 6) is 0.602. The van der Waals surface area contributed by atoms with Crippen LogP contribution in [0.4, 0.5) is 0 Å². The van der Waals surface area contributed by atoms with E-state index in [1.54, 1.807) is 48.5 Å². The van der Waals surface area contributed by atoms with E-state index in [1.165, 1.54) is 18.4 Å². The number of benzene rings is 3. The lowest BCUT2D eigenvalue weighted by atomic mass is 10.1. The lowest BCUT2D eigenvalue weighted by molar-refractivity contribution is 0.0937. The van der Waals surface area contributed by atoms with Gasteiger partial charge in [-0.1, -0.05) is 30.3 Å². The Labute approximate surface area is 188 Å². The van der Waals surface area contributed by atoms with Crippen LogP contribution < -0.4 is 15.8 Å². The predicted octanol–water partition coefficient (Wildman–Crippen LogP) is 4.14. The molecule has 1 saturated heterocycles. The summed E-state index contributed by atoms with van der Waals surface area (Å²) in [6.45, 7) is 2.68. The van der Waals surface area contributed by atoms with Gasteiger partial charge >= 0.3 is 0 Å². The van der Waals surface area contributed by atoms with Gasteiger partial charge in [0.1, 0.15) is 11.5 Å². The number of hydrogen-bond donors (Lipinski definition) is 2. The molecule has 6 heteroatoms. The summed E-state index contributed by atoms with van der Waals surface area (Å²) >= 11 is 0. The zero-order chi connectivity index (χ0) is 22.3. The van der Waals surface area contributed by atoms with E-state index in [9.17, 15) is 9.59 Å². The Hall–Kier alpha value is -3.64. The van der Waals surface area contributed by atoms with Gasteiger partial charge in [0.2, 0.25) is 5.91 Å². The van der Waals surface area contributed by atoms with Crippen LogP contribution in [0.25, 0.3) is 0 Å². The van der Waals surface area contributed by atoms with Crippen LogP contribution in [0, 0.1) is 0 Å². The Morgan fingerprint density at radius 1 is 0.844 bits per heavy atom. The number of nitrogens with one attached hydrogen (secondary N) is 1. The third-order valence-corrected chi connectivity index (χ3v) is 5.71. The molecule has 1 heterocycles. The number of amides is 2. The number of carbonyl (C=O) groups excluding carboxylic acids is 2. The van der Waals surface area contributed by atoms with Crippen LogP contribution in [0.1, 0.15) is 45.2 Å². The van der Waals surface area contributed by atoms with Crippen molar-refractivity contribution in [3.63, 3.8) is 0 Å². The Morgan fingerprint density at radius 3 is 1.97 bits per heavy atom. The number of hydrogen-bond acceptors (Lipinski definition) is 4. The minimum Gasteiger partial charge on any atom is -0.457 e. The van der Waals surface area contributed by atoms with Crippen molar-refractivity contribution < 1.29 is 14.3 Å². The number of ether oxygens (including phenoxy) is 1. The van der Waals surface area contributed by atoms with Gasteiger partial charge in [-0.3, -0.25) is 14.5 Å². The van der Waals surface area contributed by atoms with Gasteiger partial charge < -0.3 is 15.8 Å². The van der Waals surface area contributed by atoms with Crippen LogP contribution in [0.2, 0.25) is 0 Å². The third kappa shape index (κ3) is 5.34. The molecule has 0 bridgehead atoms. The first kappa shape index (κ1) is 21.6. The minimum absolute atomic E-state index is 0.109. The first-order valence-corrected chi connectivity index (χ1v) is 10.8. The van der Waals surface area contributed by atoms with Crippen LogP contribution >= 0.6 is 0 Å². The molecule has 32 heavy (non-hydrogen) atoms. The van der Waals surface area contributed by atoms with E-state index in [4.69, 9.17) is 10.5 Å². The number of rotatable bonds is 8. The van der Waals surface area contributed by atoms with Gasteiger partial charge in [-0.25, -0.2) is 0 Å². The maximum absolute atomic E-state index is 12.8. The Morgan fingerprint density at radius 2 is 1.41 bits per heavy atom. The second kappa shape index (κ2) is 10.1. The number of primary amides is 1. The fourth-order valence-electron chi connectivity index (χ4n) is 3.98. The fourth-order valence-corrected chi connectivity index (χ4v) is 3.98. The highest BCUT2D eigenvalue weighted by atomic mass is 16.5. The second-order valence-corrected chi connectivity index (χ2v) is 7.89. The summed E-state index contributed by atoms with van der Waals surface area (Å²) < 4.78 is 5.78. The Bertz CT molecular complexity index is 1040. The Kier molecular flexibility index (Phi) is 6.82. The molecule has 0 aromatic heterocycles. The molecule has 3 N–H and O–H groups in total. The minimum atomic E-state index is -0.480. The molecule has 1 fully saturated rings. The molecule has 0 spiro atoms. The third-order valence-electron chi connectivity index (χ3n) is 5.71. The quantitative estimate of drug-likeness (QED) is 0.564. The SMILES string of the molecule is NC(=O)c1ccc(Oc2ccc(C(=O)NCC(c3ccccc3)N3CCCC3)cc2)cc1. The normalized spacial score (nSPS) is 14.6. The summed E-state index contributed by atoms with van der Waals surface area (Å²) in [6.07, 6.45) is 2.40. The monoisotopic (exact) mass is 429 g/mol. The molecule has 2 amide bonds. The molecule has 0 aliphatic carbocycles. The molecular formula is C26H27N3O3. The van der Waals surface area contributed by atoms with E-state index < -0.39 is 5.91 Å². The summed E-state index contributed by atoms with van der Waals surface area (Å²) in [6, 6.07) is 24.1. The highest BCUT2D eigenvalue weighted by Gasteiger charge is 2.24. The van der Waals surface area contributed by atoms with Gasteiger partial charge in [0, 0.05) is 17.7 Å². The number of carbonyl (C=O) groups is 2. The topological polar surface area (TPSA) is 84.7 Å². The van der Waals surface area contributed by atoms with Gasteiger partial charge in [0.15, 0.2) is 0 Å². The number of likely N-dealkylation sites (tertiary alicyclic amines) is 1. The number of nitrogens with zero attached hydrogens (tertiary/aromatic N) is 1. The first-order valence-electron chi connectivity index (χ1n) is 10.8. The average molecular weight is 430 g/mol. The van der Waals surface area contributed by atoms with Gasteiger partial charge in [0.25, 0.3) is 5.91 Å². The van der Waals surface area contributed by atoms with Gasteiger partial charge in [-0.05, 0) is 80.0 Å². The summed E-state index contributed by atoms with van der Waals surface area (Å²) in [7, 11) is 0. The fraction of sp³-hybridized carbons (Fsp3) is 0.231. The zero-order valence-electron chi connectivity index (χ0n) is 17.9. The molecule has 1 aliphatic rings. The Balaban J connectivity index is 1.37. The van der Waals surface area contributed by atoms with Gasteiger partial charge in [-0.2, -0.15) is 0 Å². The molecule has 0 saturated carbocycles. The van der Waals surface area contributed by atoms with Crippen molar-refractivity contribution in [3.8, 4) is 11.5 Å². The van der Waals surface area contributed by atoms with E-state index in [0.717, 1.165) is 13.1 Å². The second-order valence-electron chi connectivity index (χ2n) is 7.89. The van der Waals surface area contributed by atoms with E-state index in [0.29, 0.717) is 29.2 Å². The van der Waals surface area contributed by atoms with Crippen molar-refractivity contribution >= 4 is 11.8 Å². The molecule has 164 valence electrons. The van der Waals surface area contributed by atoms with Crippen LogP contribution in [0.5, 0.6) is 11.5 Å². The zero-order valence-corrected chi connectivity index (χ0v) is 17.9. The van der Waals surface area contributed by atoms with E-state index >= 15 is 0 Å². The standard InChI is InChI=1S/C26H27N3O3/c27-25(30)20-8-12-22(13-9-20)32-23-14-10-21(11-15-23)26(31)28-18-24(29-16-4-5-17-29)19-6-2-1-3-7-19/h1-3,6-15,24H,4-5,16-18H2,(H2,27,30)(H,28,31). The van der Waals surface area contributed by atoms with Crippen LogP contribution in [0.3, 0.4) is 0 Å². The molecule has 4 rings (SSSR count). The van der Waals surface area contributed by atoms with E-state index in [1.807, 2.05) is 18.2 Å². The maximum Gasteiger partial charge on any atom is 0.251 e. The highest BCUT2D eigenvalue weighted by molar-refractivity contribution is 5.94. The van der Waals surface area contributed by atoms with Gasteiger partial charge in [-0.15, -0.1) is 0 Å². The van der Waals surface area contributed by atoms with Gasteiger partial charge in [0.05, 0.1) is 6.04 Å². The molecule has 6 nitrogen and oxygen atoms in total. The van der Waals surface area contributed by atoms with Crippen molar-refractivity contribution in [2.45, 2.75) is 18.9 Å². The van der Waals surface area contributed by atoms with E-state index in [2.05, 4.69) is 22.3 Å². The summed E-state index contributed by atoms with van der Waals surface area (Å²) in [5.41, 5.74) is 7.48. The molecular weight excluding hydrogens is 402 g/mol. The van der Waals surface area contributed by atoms with Crippen LogP contribution in [-0.4, -0.2) is 36.3 Å². The molecule has 0 radical (unpaired) electrons. The molecule has 1 aliphatic heterocycles. The smallest absolute Gasteiger partial charge is 0.251 e. The average Bonchev–Trinajstić information content (AvgIpc) is 3.35. The van der Waals surface area contributed by atoms with Crippen molar-refractivity contribution in [1.82, 2.24) is 10.2 Å². The van der Waals surface area contributed by atoms with E-state index in [-0.39, 0.29) is 11.9 Å². The summed E-state index contributed by atoms with van der Waals surface area (Å²) in [5, 5.41) is 3.10. The molecule has 3 aromatic carbocycles. The van der Waals surface area contributed by atoms with Crippen LogP contribution in [-0.2, 0) is 0 Å². The summed E-state index contributed by atoms with van der Waals surface area (Å²) in [4.78, 5) is 26.4. The predicted molar refractivity (Wildman–Crippen MR) is 124 cm³/mol. The van der Waals surface area contributed by atoms with Crippen molar-refractivity contribution in [2.75, 3.05) is 19.6 Å². The van der Waals surface area contributed by atoms with Crippen LogP contribution in [0.15, 0.2) is 78.9 Å². The first-order chi connectivity index (χ1) is 15.6. The lowest BCUT2D eigenvalue weighted by Crippen LogP contribution is -2.36. The lowest BCUT2D eigenvalue weighted by Gasteiger charge is -2.28. The number of nitrogens with two attached hydrogens (primary N) is 1. The maximum atomic E-state index is 12.8. The molecule has 1 atom stereocenters. The largest absolute Gasteiger partial charge is 0.457 e. The van der Waals surface area contributed by atoms with Crippen molar-refractivity contribution in [2.24, 2.45) is 5.73 Å². The highest BCUT2D eigenvalue weighted by Crippen LogP contribution is 2.25. The molecule has 3 aromatic rings.